The minimum atomic E-state index is -1.01. The zero-order valence-corrected chi connectivity index (χ0v) is 10.5. The third-order valence-electron chi connectivity index (χ3n) is 2.96. The van der Waals surface area contributed by atoms with Gasteiger partial charge in [-0.1, -0.05) is 42.5 Å². The van der Waals surface area contributed by atoms with Gasteiger partial charge in [-0.25, -0.2) is 0 Å². The number of hydrogen-bond acceptors (Lipinski definition) is 3. The number of Topliss-reactive ketones (excluding diaryl/α,β-unsaturated/α-hetero) is 1. The summed E-state index contributed by atoms with van der Waals surface area (Å²) >= 11 is 0. The molecule has 1 atom stereocenters. The van der Waals surface area contributed by atoms with Crippen molar-refractivity contribution in [3.8, 4) is 5.75 Å². The van der Waals surface area contributed by atoms with Gasteiger partial charge in [0, 0.05) is 12.8 Å². The van der Waals surface area contributed by atoms with Gasteiger partial charge in [0.25, 0.3) is 0 Å². The average molecular weight is 256 g/mol. The summed E-state index contributed by atoms with van der Waals surface area (Å²) in [5, 5.41) is 19.1. The Morgan fingerprint density at radius 2 is 1.58 bits per heavy atom. The standard InChI is InChI=1S/C16H16O3/c17-14-8-6-13(7-9-14)11-16(19)15(18)10-12-4-2-1-3-5-12/h1-9,16-17,19H,10-11H2/t16-/m1/s1. The van der Waals surface area contributed by atoms with Crippen LogP contribution in [0.1, 0.15) is 11.1 Å². The molecule has 0 spiro atoms. The SMILES string of the molecule is O=C(Cc1ccccc1)[C@H](O)Cc1ccc(O)cc1. The number of carbonyl (C=O) groups excluding carboxylic acids is 1. The predicted octanol–water partition coefficient (Wildman–Crippen LogP) is 2.11. The molecule has 0 aliphatic heterocycles. The Balaban J connectivity index is 1.94. The highest BCUT2D eigenvalue weighted by molar-refractivity contribution is 5.85. The van der Waals surface area contributed by atoms with Gasteiger partial charge in [0.2, 0.25) is 0 Å². The minimum absolute atomic E-state index is 0.175. The molecule has 2 rings (SSSR count). The molecule has 19 heavy (non-hydrogen) atoms. The molecule has 2 aromatic rings. The Morgan fingerprint density at radius 3 is 2.21 bits per heavy atom. The first kappa shape index (κ1) is 13.3. The van der Waals surface area contributed by atoms with E-state index < -0.39 is 6.10 Å². The fourth-order valence-corrected chi connectivity index (χ4v) is 1.88. The highest BCUT2D eigenvalue weighted by Crippen LogP contribution is 2.12. The van der Waals surface area contributed by atoms with Crippen LogP contribution in [0.5, 0.6) is 5.75 Å². The lowest BCUT2D eigenvalue weighted by molar-refractivity contribution is -0.126. The van der Waals surface area contributed by atoms with Gasteiger partial charge in [-0.2, -0.15) is 0 Å². The number of hydrogen-bond donors (Lipinski definition) is 2. The van der Waals surface area contributed by atoms with Crippen molar-refractivity contribution >= 4 is 5.78 Å². The Kier molecular flexibility index (Phi) is 4.31. The van der Waals surface area contributed by atoms with Gasteiger partial charge >= 0.3 is 0 Å². The molecule has 2 N–H and O–H groups in total. The second-order valence-electron chi connectivity index (χ2n) is 4.52. The smallest absolute Gasteiger partial charge is 0.165 e. The first-order chi connectivity index (χ1) is 9.15. The molecule has 3 heteroatoms. The highest BCUT2D eigenvalue weighted by Gasteiger charge is 2.15. The van der Waals surface area contributed by atoms with E-state index in [1.54, 1.807) is 24.3 Å². The summed E-state index contributed by atoms with van der Waals surface area (Å²) in [5.41, 5.74) is 1.73. The van der Waals surface area contributed by atoms with E-state index >= 15 is 0 Å². The fraction of sp³-hybridized carbons (Fsp3) is 0.188. The molecule has 0 aromatic heterocycles. The van der Waals surface area contributed by atoms with Crippen molar-refractivity contribution in [1.82, 2.24) is 0 Å². The molecule has 0 heterocycles. The van der Waals surface area contributed by atoms with E-state index in [9.17, 15) is 9.90 Å². The summed E-state index contributed by atoms with van der Waals surface area (Å²) in [6, 6.07) is 15.9. The molecule has 0 bridgehead atoms. The van der Waals surface area contributed by atoms with Gasteiger partial charge in [0.1, 0.15) is 11.9 Å². The van der Waals surface area contributed by atoms with Gasteiger partial charge < -0.3 is 10.2 Å². The Morgan fingerprint density at radius 1 is 0.947 bits per heavy atom. The van der Waals surface area contributed by atoms with E-state index in [1.807, 2.05) is 30.3 Å². The summed E-state index contributed by atoms with van der Waals surface area (Å²) < 4.78 is 0. The number of aromatic hydroxyl groups is 1. The van der Waals surface area contributed by atoms with Crippen LogP contribution in [-0.2, 0) is 17.6 Å². The Labute approximate surface area is 112 Å². The van der Waals surface area contributed by atoms with Gasteiger partial charge in [0.15, 0.2) is 5.78 Å². The summed E-state index contributed by atoms with van der Waals surface area (Å²) in [6.45, 7) is 0. The molecule has 0 saturated carbocycles. The first-order valence-corrected chi connectivity index (χ1v) is 6.18. The number of benzene rings is 2. The van der Waals surface area contributed by atoms with Gasteiger partial charge in [-0.3, -0.25) is 4.79 Å². The summed E-state index contributed by atoms with van der Waals surface area (Å²) in [4.78, 5) is 11.9. The first-order valence-electron chi connectivity index (χ1n) is 6.18. The lowest BCUT2D eigenvalue weighted by Gasteiger charge is -2.10. The van der Waals surface area contributed by atoms with Crippen molar-refractivity contribution < 1.29 is 15.0 Å². The number of ketones is 1. The van der Waals surface area contributed by atoms with Crippen LogP contribution in [0.25, 0.3) is 0 Å². The maximum absolute atomic E-state index is 11.9. The zero-order valence-electron chi connectivity index (χ0n) is 10.5. The third-order valence-corrected chi connectivity index (χ3v) is 2.96. The van der Waals surface area contributed by atoms with Gasteiger partial charge in [-0.15, -0.1) is 0 Å². The van der Waals surface area contributed by atoms with Crippen molar-refractivity contribution in [3.05, 3.63) is 65.7 Å². The van der Waals surface area contributed by atoms with E-state index in [-0.39, 0.29) is 24.4 Å². The number of phenols is 1. The molecule has 0 aliphatic carbocycles. The van der Waals surface area contributed by atoms with Crippen LogP contribution >= 0.6 is 0 Å². The molecular weight excluding hydrogens is 240 g/mol. The van der Waals surface area contributed by atoms with E-state index in [0.717, 1.165) is 11.1 Å². The molecule has 0 fully saturated rings. The van der Waals surface area contributed by atoms with Gasteiger partial charge in [0.05, 0.1) is 0 Å². The topological polar surface area (TPSA) is 57.5 Å². The van der Waals surface area contributed by atoms with Crippen LogP contribution in [0.3, 0.4) is 0 Å². The molecule has 0 amide bonds. The molecule has 2 aromatic carbocycles. The number of carbonyl (C=O) groups is 1. The number of rotatable bonds is 5. The summed E-state index contributed by atoms with van der Waals surface area (Å²) in [5.74, 6) is -0.0203. The molecular formula is C16H16O3. The van der Waals surface area contributed by atoms with E-state index in [0.29, 0.717) is 0 Å². The van der Waals surface area contributed by atoms with Crippen LogP contribution in [-0.4, -0.2) is 22.1 Å². The van der Waals surface area contributed by atoms with Crippen molar-refractivity contribution in [2.75, 3.05) is 0 Å². The molecule has 98 valence electrons. The maximum atomic E-state index is 11.9. The quantitative estimate of drug-likeness (QED) is 0.861. The van der Waals surface area contributed by atoms with E-state index in [4.69, 9.17) is 5.11 Å². The lowest BCUT2D eigenvalue weighted by atomic mass is 10.00. The highest BCUT2D eigenvalue weighted by atomic mass is 16.3. The molecule has 0 radical (unpaired) electrons. The minimum Gasteiger partial charge on any atom is -0.508 e. The second kappa shape index (κ2) is 6.16. The molecule has 3 nitrogen and oxygen atoms in total. The monoisotopic (exact) mass is 256 g/mol. The van der Waals surface area contributed by atoms with E-state index in [1.165, 1.54) is 0 Å². The second-order valence-corrected chi connectivity index (χ2v) is 4.52. The molecule has 0 saturated heterocycles. The Bertz CT molecular complexity index is 532. The summed E-state index contributed by atoms with van der Waals surface area (Å²) in [7, 11) is 0. The molecule has 0 aliphatic rings. The van der Waals surface area contributed by atoms with Crippen molar-refractivity contribution in [2.45, 2.75) is 18.9 Å². The van der Waals surface area contributed by atoms with Crippen LogP contribution in [0.2, 0.25) is 0 Å². The third kappa shape index (κ3) is 3.93. The Hall–Kier alpha value is -2.13. The van der Waals surface area contributed by atoms with Crippen molar-refractivity contribution in [3.63, 3.8) is 0 Å². The van der Waals surface area contributed by atoms with Crippen LogP contribution in [0.4, 0.5) is 0 Å². The number of aliphatic hydroxyl groups excluding tert-OH is 1. The van der Waals surface area contributed by atoms with E-state index in [2.05, 4.69) is 0 Å². The lowest BCUT2D eigenvalue weighted by Crippen LogP contribution is -2.24. The maximum Gasteiger partial charge on any atom is 0.165 e. The van der Waals surface area contributed by atoms with Crippen LogP contribution in [0.15, 0.2) is 54.6 Å². The average Bonchev–Trinajstić information content (AvgIpc) is 2.42. The predicted molar refractivity (Wildman–Crippen MR) is 73.0 cm³/mol. The number of aliphatic hydroxyl groups is 1. The van der Waals surface area contributed by atoms with Crippen LogP contribution in [0, 0.1) is 0 Å². The summed E-state index contributed by atoms with van der Waals surface area (Å²) in [6.07, 6.45) is -0.504. The fourth-order valence-electron chi connectivity index (χ4n) is 1.88. The van der Waals surface area contributed by atoms with Crippen LogP contribution < -0.4 is 0 Å². The normalized spacial score (nSPS) is 12.1. The largest absolute Gasteiger partial charge is 0.508 e. The zero-order chi connectivity index (χ0) is 13.7. The van der Waals surface area contributed by atoms with Crippen molar-refractivity contribution in [1.29, 1.82) is 0 Å². The number of phenolic OH excluding ortho intramolecular Hbond substituents is 1. The van der Waals surface area contributed by atoms with Gasteiger partial charge in [-0.05, 0) is 23.3 Å². The molecule has 0 unspecified atom stereocenters. The van der Waals surface area contributed by atoms with Crippen molar-refractivity contribution in [2.24, 2.45) is 0 Å².